The number of aromatic nitrogens is 4. The number of benzene rings is 1. The van der Waals surface area contributed by atoms with Gasteiger partial charge in [0.1, 0.15) is 30.2 Å². The zero-order valence-electron chi connectivity index (χ0n) is 18.9. The molecular weight excluding hydrogens is 434 g/mol. The van der Waals surface area contributed by atoms with E-state index in [4.69, 9.17) is 4.74 Å². The van der Waals surface area contributed by atoms with E-state index in [1.54, 1.807) is 12.7 Å². The third-order valence-electron chi connectivity index (χ3n) is 7.11. The lowest BCUT2D eigenvalue weighted by molar-refractivity contribution is -0.135. The molecule has 0 bridgehead atoms. The van der Waals surface area contributed by atoms with Crippen molar-refractivity contribution >= 4 is 28.8 Å². The summed E-state index contributed by atoms with van der Waals surface area (Å²) in [4.78, 5) is 44.9. The van der Waals surface area contributed by atoms with E-state index in [9.17, 15) is 9.59 Å². The Kier molecular flexibility index (Phi) is 5.27. The fourth-order valence-electron chi connectivity index (χ4n) is 5.33. The van der Waals surface area contributed by atoms with Gasteiger partial charge >= 0.3 is 0 Å². The molecule has 2 atom stereocenters. The predicted octanol–water partition coefficient (Wildman–Crippen LogP) is 1.56. The lowest BCUT2D eigenvalue weighted by Crippen LogP contribution is -2.46. The molecule has 176 valence electrons. The van der Waals surface area contributed by atoms with Crippen molar-refractivity contribution in [3.05, 3.63) is 42.0 Å². The molecule has 2 fully saturated rings. The number of carbonyl (C=O) groups is 2. The summed E-state index contributed by atoms with van der Waals surface area (Å²) in [5.74, 6) is 1.62. The van der Waals surface area contributed by atoms with Crippen LogP contribution in [0.3, 0.4) is 0 Å². The number of rotatable bonds is 5. The molecule has 3 aliphatic rings. The topological polar surface area (TPSA) is 116 Å². The highest BCUT2D eigenvalue weighted by atomic mass is 16.5. The number of H-pyrrole nitrogens is 1. The molecule has 3 aromatic rings. The molecule has 10 nitrogen and oxygen atoms in total. The fourth-order valence-corrected chi connectivity index (χ4v) is 5.33. The van der Waals surface area contributed by atoms with Crippen LogP contribution >= 0.6 is 0 Å². The van der Waals surface area contributed by atoms with Gasteiger partial charge in [0.25, 0.3) is 0 Å². The van der Waals surface area contributed by atoms with Gasteiger partial charge in [-0.05, 0) is 37.3 Å². The fraction of sp³-hybridized carbons (Fsp3) is 0.458. The maximum Gasteiger partial charge on any atom is 0.245 e. The number of nitrogens with one attached hydrogen (secondary N) is 2. The van der Waals surface area contributed by atoms with Crippen LogP contribution in [0.2, 0.25) is 0 Å². The number of aromatic amines is 1. The summed E-state index contributed by atoms with van der Waals surface area (Å²) >= 11 is 0. The standard InChI is InChI=1S/C24H27N7O3/c32-20-7-6-18(29-20)24(33)30-10-8-15-3-1-5-19(17(15)11-30)34-12-16-4-2-9-31(16)23-21-22(26-13-25-21)27-14-28-23/h1,3,5,13-14,16,18H,2,4,6-12H2,(H,29,32)(H,25,26,27,28). The van der Waals surface area contributed by atoms with Crippen LogP contribution in [-0.2, 0) is 22.6 Å². The van der Waals surface area contributed by atoms with Gasteiger partial charge in [-0.3, -0.25) is 9.59 Å². The first-order chi connectivity index (χ1) is 16.7. The Hall–Kier alpha value is -3.69. The highest BCUT2D eigenvalue weighted by Gasteiger charge is 2.33. The molecule has 5 heterocycles. The Morgan fingerprint density at radius 2 is 2.09 bits per heavy atom. The van der Waals surface area contributed by atoms with Crippen molar-refractivity contribution in [3.8, 4) is 5.75 Å². The zero-order chi connectivity index (χ0) is 23.1. The van der Waals surface area contributed by atoms with E-state index in [1.165, 1.54) is 5.56 Å². The van der Waals surface area contributed by atoms with Crippen LogP contribution in [0.4, 0.5) is 5.82 Å². The highest BCUT2D eigenvalue weighted by molar-refractivity contribution is 5.91. The van der Waals surface area contributed by atoms with Crippen molar-refractivity contribution in [1.82, 2.24) is 30.2 Å². The Morgan fingerprint density at radius 3 is 2.97 bits per heavy atom. The number of carbonyl (C=O) groups excluding carboxylic acids is 2. The van der Waals surface area contributed by atoms with E-state index in [-0.39, 0.29) is 17.9 Å². The van der Waals surface area contributed by atoms with Crippen LogP contribution in [0.15, 0.2) is 30.9 Å². The third-order valence-corrected chi connectivity index (χ3v) is 7.11. The maximum atomic E-state index is 13.0. The van der Waals surface area contributed by atoms with Crippen molar-refractivity contribution in [1.29, 1.82) is 0 Å². The first kappa shape index (κ1) is 20.9. The average Bonchev–Trinajstić information content (AvgIpc) is 3.62. The molecule has 1 aromatic carbocycles. The molecule has 0 spiro atoms. The number of hydrogen-bond donors (Lipinski definition) is 2. The molecular formula is C24H27N7O3. The van der Waals surface area contributed by atoms with Crippen molar-refractivity contribution < 1.29 is 14.3 Å². The number of hydrogen-bond acceptors (Lipinski definition) is 7. The molecule has 2 N–H and O–H groups in total. The monoisotopic (exact) mass is 461 g/mol. The smallest absolute Gasteiger partial charge is 0.245 e. The Labute approximate surface area is 196 Å². The van der Waals surface area contributed by atoms with E-state index in [1.807, 2.05) is 17.0 Å². The SMILES string of the molecule is O=C1CCC(C(=O)N2CCc3cccc(OCC4CCCN4c4ncnc5[nH]cnc45)c3C2)N1. The van der Waals surface area contributed by atoms with E-state index >= 15 is 0 Å². The van der Waals surface area contributed by atoms with Crippen LogP contribution in [0, 0.1) is 0 Å². The highest BCUT2D eigenvalue weighted by Crippen LogP contribution is 2.32. The van der Waals surface area contributed by atoms with Crippen LogP contribution in [0.1, 0.15) is 36.8 Å². The molecule has 0 aliphatic carbocycles. The first-order valence-electron chi connectivity index (χ1n) is 11.9. The van der Waals surface area contributed by atoms with Gasteiger partial charge in [-0.1, -0.05) is 12.1 Å². The van der Waals surface area contributed by atoms with Crippen LogP contribution in [-0.4, -0.2) is 68.4 Å². The summed E-state index contributed by atoms with van der Waals surface area (Å²) in [5.41, 5.74) is 3.79. The number of ether oxygens (including phenoxy) is 1. The lowest BCUT2D eigenvalue weighted by atomic mass is 9.98. The second-order valence-electron chi connectivity index (χ2n) is 9.16. The number of imidazole rings is 1. The molecule has 2 aromatic heterocycles. The largest absolute Gasteiger partial charge is 0.491 e. The summed E-state index contributed by atoms with van der Waals surface area (Å²) in [5, 5.41) is 2.80. The molecule has 0 saturated carbocycles. The van der Waals surface area contributed by atoms with Crippen LogP contribution in [0.25, 0.3) is 11.2 Å². The minimum Gasteiger partial charge on any atom is -0.491 e. The molecule has 2 amide bonds. The second-order valence-corrected chi connectivity index (χ2v) is 9.16. The molecule has 2 unspecified atom stereocenters. The van der Waals surface area contributed by atoms with Gasteiger partial charge < -0.3 is 24.8 Å². The summed E-state index contributed by atoms with van der Waals surface area (Å²) < 4.78 is 6.38. The van der Waals surface area contributed by atoms with Gasteiger partial charge in [-0.25, -0.2) is 15.0 Å². The Bertz CT molecular complexity index is 1240. The second kappa shape index (κ2) is 8.58. The number of fused-ring (bicyclic) bond motifs is 2. The van der Waals surface area contributed by atoms with Crippen LogP contribution < -0.4 is 15.0 Å². The van der Waals surface area contributed by atoms with E-state index < -0.39 is 6.04 Å². The summed E-state index contributed by atoms with van der Waals surface area (Å²) in [7, 11) is 0. The number of nitrogens with zero attached hydrogens (tertiary/aromatic N) is 5. The van der Waals surface area contributed by atoms with Gasteiger partial charge in [0.2, 0.25) is 11.8 Å². The van der Waals surface area contributed by atoms with Crippen molar-refractivity contribution in [3.63, 3.8) is 0 Å². The summed E-state index contributed by atoms with van der Waals surface area (Å²) in [6.45, 7) is 2.59. The molecule has 0 radical (unpaired) electrons. The average molecular weight is 462 g/mol. The van der Waals surface area contributed by atoms with Crippen molar-refractivity contribution in [2.75, 3.05) is 24.6 Å². The van der Waals surface area contributed by atoms with Gasteiger partial charge in [-0.2, -0.15) is 0 Å². The van der Waals surface area contributed by atoms with Gasteiger partial charge in [0.15, 0.2) is 11.5 Å². The van der Waals surface area contributed by atoms with Gasteiger partial charge in [0, 0.05) is 31.6 Å². The Morgan fingerprint density at radius 1 is 1.15 bits per heavy atom. The normalized spacial score (nSPS) is 22.2. The predicted molar refractivity (Wildman–Crippen MR) is 124 cm³/mol. The number of amides is 2. The van der Waals surface area contributed by atoms with Crippen molar-refractivity contribution in [2.45, 2.75) is 50.7 Å². The van der Waals surface area contributed by atoms with Crippen LogP contribution in [0.5, 0.6) is 5.75 Å². The minimum absolute atomic E-state index is 0.0000483. The molecule has 3 aliphatic heterocycles. The first-order valence-corrected chi connectivity index (χ1v) is 11.9. The maximum absolute atomic E-state index is 13.0. The summed E-state index contributed by atoms with van der Waals surface area (Å²) in [6.07, 6.45) is 7.06. The van der Waals surface area contributed by atoms with E-state index in [2.05, 4.69) is 36.2 Å². The van der Waals surface area contributed by atoms with Gasteiger partial charge in [0.05, 0.1) is 12.4 Å². The van der Waals surface area contributed by atoms with Gasteiger partial charge in [-0.15, -0.1) is 0 Å². The quantitative estimate of drug-likeness (QED) is 0.592. The third kappa shape index (κ3) is 3.72. The summed E-state index contributed by atoms with van der Waals surface area (Å²) in [6, 6.07) is 5.90. The minimum atomic E-state index is -0.402. The van der Waals surface area contributed by atoms with Crippen molar-refractivity contribution in [2.24, 2.45) is 0 Å². The molecule has 2 saturated heterocycles. The zero-order valence-corrected chi connectivity index (χ0v) is 18.9. The molecule has 6 rings (SSSR count). The van der Waals surface area contributed by atoms with E-state index in [0.29, 0.717) is 32.5 Å². The Balaban J connectivity index is 1.18. The molecule has 10 heteroatoms. The number of anilines is 1. The lowest BCUT2D eigenvalue weighted by Gasteiger charge is -2.32. The molecule has 34 heavy (non-hydrogen) atoms. The van der Waals surface area contributed by atoms with E-state index in [0.717, 1.165) is 54.1 Å².